The van der Waals surface area contributed by atoms with Crippen molar-refractivity contribution in [3.8, 4) is 11.4 Å². The number of rotatable bonds is 7. The zero-order valence-electron chi connectivity index (χ0n) is 21.7. The highest BCUT2D eigenvalue weighted by Gasteiger charge is 2.23. The normalized spacial score (nSPS) is 14.8. The van der Waals surface area contributed by atoms with E-state index in [1.807, 2.05) is 50.2 Å². The molecule has 192 valence electrons. The van der Waals surface area contributed by atoms with Crippen LogP contribution in [-0.2, 0) is 11.3 Å². The number of ether oxygens (including phenoxy) is 1. The molecule has 4 aromatic rings. The van der Waals surface area contributed by atoms with Crippen molar-refractivity contribution in [3.63, 3.8) is 0 Å². The highest BCUT2D eigenvalue weighted by atomic mass is 35.5. The van der Waals surface area contributed by atoms with Gasteiger partial charge in [-0.05, 0) is 79.4 Å². The van der Waals surface area contributed by atoms with Crippen LogP contribution in [0.2, 0.25) is 5.02 Å². The molecule has 1 amide bonds. The van der Waals surface area contributed by atoms with Crippen molar-refractivity contribution in [2.24, 2.45) is 5.92 Å². The molecule has 0 atom stereocenters. The molecule has 3 aromatic carbocycles. The number of carbonyl (C=O) groups excluding carboxylic acids is 1. The molecular weight excluding hydrogens is 482 g/mol. The highest BCUT2D eigenvalue weighted by Crippen LogP contribution is 2.34. The highest BCUT2D eigenvalue weighted by molar-refractivity contribution is 6.31. The summed E-state index contributed by atoms with van der Waals surface area (Å²) in [7, 11) is 1.70. The monoisotopic (exact) mass is 515 g/mol. The molecule has 0 radical (unpaired) electrons. The lowest BCUT2D eigenvalue weighted by Gasteiger charge is -2.32. The Hall–Kier alpha value is -3.28. The van der Waals surface area contributed by atoms with E-state index in [-0.39, 0.29) is 11.8 Å². The molecule has 1 aliphatic heterocycles. The van der Waals surface area contributed by atoms with Crippen molar-refractivity contribution in [1.82, 2.24) is 9.47 Å². The summed E-state index contributed by atoms with van der Waals surface area (Å²) in [6, 6.07) is 22.6. The fourth-order valence-corrected chi connectivity index (χ4v) is 5.41. The first-order valence-electron chi connectivity index (χ1n) is 13.0. The summed E-state index contributed by atoms with van der Waals surface area (Å²) in [5.74, 6) is 1.36. The van der Waals surface area contributed by atoms with Gasteiger partial charge in [-0.2, -0.15) is 0 Å². The molecule has 2 heterocycles. The molecule has 0 aliphatic carbocycles. The zero-order chi connectivity index (χ0) is 25.9. The van der Waals surface area contributed by atoms with Crippen molar-refractivity contribution in [1.29, 1.82) is 0 Å². The Bertz CT molecular complexity index is 1400. The SMILES string of the molecule is COc1ccccc1-n1cc(CN2CCC(c3cccc(NC(=O)C(C)C)c3)CC2)c2ccc(Cl)cc21. The molecule has 1 fully saturated rings. The summed E-state index contributed by atoms with van der Waals surface area (Å²) in [4.78, 5) is 14.7. The van der Waals surface area contributed by atoms with Crippen LogP contribution in [-0.4, -0.2) is 35.6 Å². The fourth-order valence-electron chi connectivity index (χ4n) is 5.25. The van der Waals surface area contributed by atoms with Crippen molar-refractivity contribution in [2.75, 3.05) is 25.5 Å². The molecule has 1 N–H and O–H groups in total. The average molecular weight is 516 g/mol. The van der Waals surface area contributed by atoms with Crippen molar-refractivity contribution in [3.05, 3.63) is 89.1 Å². The molecule has 1 saturated heterocycles. The van der Waals surface area contributed by atoms with E-state index in [2.05, 4.69) is 51.3 Å². The summed E-state index contributed by atoms with van der Waals surface area (Å²) in [5, 5.41) is 4.97. The first-order valence-corrected chi connectivity index (χ1v) is 13.4. The van der Waals surface area contributed by atoms with Gasteiger partial charge in [0.2, 0.25) is 5.91 Å². The van der Waals surface area contributed by atoms with E-state index in [9.17, 15) is 4.79 Å². The lowest BCUT2D eigenvalue weighted by Crippen LogP contribution is -2.32. The molecule has 37 heavy (non-hydrogen) atoms. The van der Waals surface area contributed by atoms with Crippen LogP contribution < -0.4 is 10.1 Å². The number of nitrogens with one attached hydrogen (secondary N) is 1. The van der Waals surface area contributed by atoms with Gasteiger partial charge in [-0.1, -0.05) is 55.8 Å². The van der Waals surface area contributed by atoms with Gasteiger partial charge in [-0.25, -0.2) is 0 Å². The van der Waals surface area contributed by atoms with Crippen LogP contribution in [0, 0.1) is 5.92 Å². The van der Waals surface area contributed by atoms with Gasteiger partial charge < -0.3 is 14.6 Å². The van der Waals surface area contributed by atoms with Gasteiger partial charge in [0.25, 0.3) is 0 Å². The maximum Gasteiger partial charge on any atom is 0.226 e. The Morgan fingerprint density at radius 3 is 2.59 bits per heavy atom. The van der Waals surface area contributed by atoms with Crippen molar-refractivity contribution < 1.29 is 9.53 Å². The third-order valence-corrected chi connectivity index (χ3v) is 7.56. The number of benzene rings is 3. The topological polar surface area (TPSA) is 46.5 Å². The summed E-state index contributed by atoms with van der Waals surface area (Å²) in [6.45, 7) is 6.77. The van der Waals surface area contributed by atoms with Crippen LogP contribution in [0.15, 0.2) is 72.9 Å². The Kier molecular flexibility index (Phi) is 7.54. The Balaban J connectivity index is 1.32. The van der Waals surface area contributed by atoms with Gasteiger partial charge in [0.05, 0.1) is 18.3 Å². The van der Waals surface area contributed by atoms with Gasteiger partial charge in [-0.3, -0.25) is 9.69 Å². The minimum absolute atomic E-state index is 0.0307. The molecule has 6 heteroatoms. The predicted octanol–water partition coefficient (Wildman–Crippen LogP) is 7.27. The molecule has 0 spiro atoms. The van der Waals surface area contributed by atoms with Gasteiger partial charge >= 0.3 is 0 Å². The van der Waals surface area contributed by atoms with Crippen LogP contribution in [0.4, 0.5) is 5.69 Å². The minimum atomic E-state index is -0.0307. The number of hydrogen-bond donors (Lipinski definition) is 1. The number of fused-ring (bicyclic) bond motifs is 1. The lowest BCUT2D eigenvalue weighted by molar-refractivity contribution is -0.118. The summed E-state index contributed by atoms with van der Waals surface area (Å²) in [6.07, 6.45) is 4.42. The van der Waals surface area contributed by atoms with Gasteiger partial charge in [0.15, 0.2) is 0 Å². The standard InChI is InChI=1S/C31H34ClN3O2/c1-21(2)31(36)33-26-8-6-7-23(17-26)22-13-15-34(16-14-22)19-24-20-35(28-9-4-5-10-30(28)37-3)29-18-25(32)11-12-27(24)29/h4-12,17-18,20-22H,13-16,19H2,1-3H3,(H,33,36). The molecule has 5 rings (SSSR count). The third-order valence-electron chi connectivity index (χ3n) is 7.33. The predicted molar refractivity (Wildman–Crippen MR) is 152 cm³/mol. The van der Waals surface area contributed by atoms with Gasteiger partial charge in [-0.15, -0.1) is 0 Å². The van der Waals surface area contributed by atoms with E-state index < -0.39 is 0 Å². The van der Waals surface area contributed by atoms with E-state index >= 15 is 0 Å². The first-order chi connectivity index (χ1) is 17.9. The van der Waals surface area contributed by atoms with Gasteiger partial charge in [0, 0.05) is 34.8 Å². The zero-order valence-corrected chi connectivity index (χ0v) is 22.5. The van der Waals surface area contributed by atoms with Crippen molar-refractivity contribution in [2.45, 2.75) is 39.2 Å². The number of anilines is 1. The molecule has 1 aromatic heterocycles. The Morgan fingerprint density at radius 2 is 1.84 bits per heavy atom. The number of hydrogen-bond acceptors (Lipinski definition) is 3. The lowest BCUT2D eigenvalue weighted by atomic mass is 9.89. The largest absolute Gasteiger partial charge is 0.495 e. The summed E-state index contributed by atoms with van der Waals surface area (Å²) >= 11 is 6.40. The van der Waals surface area contributed by atoms with E-state index in [0.29, 0.717) is 5.92 Å². The van der Waals surface area contributed by atoms with Crippen LogP contribution in [0.25, 0.3) is 16.6 Å². The van der Waals surface area contributed by atoms with Gasteiger partial charge in [0.1, 0.15) is 5.75 Å². The number of para-hydroxylation sites is 2. The molecule has 0 saturated carbocycles. The maximum absolute atomic E-state index is 12.1. The minimum Gasteiger partial charge on any atom is -0.495 e. The molecular formula is C31H34ClN3O2. The molecule has 5 nitrogen and oxygen atoms in total. The number of piperidine rings is 1. The molecule has 1 aliphatic rings. The van der Waals surface area contributed by atoms with E-state index in [1.165, 1.54) is 16.5 Å². The van der Waals surface area contributed by atoms with Crippen LogP contribution in [0.5, 0.6) is 5.75 Å². The second-order valence-electron chi connectivity index (χ2n) is 10.2. The fraction of sp³-hybridized carbons (Fsp3) is 0.323. The number of nitrogens with zero attached hydrogens (tertiary/aromatic N) is 2. The number of amides is 1. The summed E-state index contributed by atoms with van der Waals surface area (Å²) in [5.41, 5.74) is 5.58. The smallest absolute Gasteiger partial charge is 0.226 e. The number of halogens is 1. The van der Waals surface area contributed by atoms with E-state index in [4.69, 9.17) is 16.3 Å². The van der Waals surface area contributed by atoms with E-state index in [0.717, 1.165) is 60.1 Å². The van der Waals surface area contributed by atoms with E-state index in [1.54, 1.807) is 7.11 Å². The van der Waals surface area contributed by atoms with Crippen LogP contribution in [0.3, 0.4) is 0 Å². The van der Waals surface area contributed by atoms with Crippen LogP contribution in [0.1, 0.15) is 43.7 Å². The Labute approximate surface area is 224 Å². The second kappa shape index (κ2) is 11.0. The first kappa shape index (κ1) is 25.4. The summed E-state index contributed by atoms with van der Waals surface area (Å²) < 4.78 is 7.84. The number of methoxy groups -OCH3 is 1. The third kappa shape index (κ3) is 5.53. The maximum atomic E-state index is 12.1. The number of likely N-dealkylation sites (tertiary alicyclic amines) is 1. The number of aromatic nitrogens is 1. The Morgan fingerprint density at radius 1 is 1.05 bits per heavy atom. The molecule has 0 bridgehead atoms. The van der Waals surface area contributed by atoms with Crippen LogP contribution >= 0.6 is 11.6 Å². The molecule has 0 unspecified atom stereocenters. The average Bonchev–Trinajstić information content (AvgIpc) is 3.26. The second-order valence-corrected chi connectivity index (χ2v) is 10.6. The van der Waals surface area contributed by atoms with Crippen molar-refractivity contribution >= 4 is 34.1 Å². The quantitative estimate of drug-likeness (QED) is 0.281. The number of carbonyl (C=O) groups is 1.